The van der Waals surface area contributed by atoms with Crippen LogP contribution in [0.4, 0.5) is 13.2 Å². The Hall–Kier alpha value is -1.64. The Labute approximate surface area is 143 Å². The second kappa shape index (κ2) is 6.59. The maximum absolute atomic E-state index is 12.9. The van der Waals surface area contributed by atoms with Gasteiger partial charge in [0.25, 0.3) is 0 Å². The summed E-state index contributed by atoms with van der Waals surface area (Å²) in [6.07, 6.45) is -2.42. The monoisotopic (exact) mass is 355 g/mol. The van der Waals surface area contributed by atoms with Gasteiger partial charge in [-0.05, 0) is 31.0 Å². The zero-order valence-corrected chi connectivity index (χ0v) is 13.7. The molecule has 2 aromatic rings. The molecule has 1 aromatic heterocycles. The van der Waals surface area contributed by atoms with Crippen molar-refractivity contribution in [1.29, 1.82) is 0 Å². The van der Waals surface area contributed by atoms with Crippen molar-refractivity contribution in [2.75, 3.05) is 26.4 Å². The summed E-state index contributed by atoms with van der Waals surface area (Å²) in [7, 11) is 0. The normalized spacial score (nSPS) is 22.3. The van der Waals surface area contributed by atoms with Crippen LogP contribution in [0.3, 0.4) is 0 Å². The first-order chi connectivity index (χ1) is 12.0. The number of alkyl halides is 3. The molecule has 0 aliphatic carbocycles. The molecule has 2 aliphatic heterocycles. The fourth-order valence-electron chi connectivity index (χ4n) is 3.55. The van der Waals surface area contributed by atoms with Crippen LogP contribution in [0.1, 0.15) is 30.3 Å². The minimum atomic E-state index is -4.36. The Morgan fingerprint density at radius 1 is 1.20 bits per heavy atom. The van der Waals surface area contributed by atoms with E-state index in [4.69, 9.17) is 9.47 Å². The van der Waals surface area contributed by atoms with E-state index in [1.54, 1.807) is 0 Å². The lowest BCUT2D eigenvalue weighted by atomic mass is 10.1. The molecule has 1 N–H and O–H groups in total. The van der Waals surface area contributed by atoms with E-state index in [1.807, 2.05) is 4.57 Å². The molecule has 3 heterocycles. The first-order valence-electron chi connectivity index (χ1n) is 8.49. The van der Waals surface area contributed by atoms with Crippen LogP contribution in [-0.4, -0.2) is 42.0 Å². The van der Waals surface area contributed by atoms with E-state index in [0.29, 0.717) is 37.1 Å². The molecule has 8 heteroatoms. The smallest absolute Gasteiger partial charge is 0.381 e. The number of hydrogen-bond donors (Lipinski definition) is 1. The number of rotatable bonds is 3. The van der Waals surface area contributed by atoms with Crippen LogP contribution in [0.15, 0.2) is 18.2 Å². The molecule has 2 aliphatic rings. The van der Waals surface area contributed by atoms with Gasteiger partial charge in [-0.1, -0.05) is 0 Å². The van der Waals surface area contributed by atoms with Gasteiger partial charge in [0.05, 0.1) is 29.2 Å². The van der Waals surface area contributed by atoms with Gasteiger partial charge in [-0.25, -0.2) is 4.98 Å². The summed E-state index contributed by atoms with van der Waals surface area (Å²) in [5, 5.41) is 3.53. The third-order valence-corrected chi connectivity index (χ3v) is 4.86. The molecule has 4 rings (SSSR count). The number of aromatic nitrogens is 2. The summed E-state index contributed by atoms with van der Waals surface area (Å²) in [5.41, 5.74) is 0.421. The van der Waals surface area contributed by atoms with Gasteiger partial charge in [0.1, 0.15) is 12.4 Å². The molecular formula is C17H20F3N3O2. The second-order valence-corrected chi connectivity index (χ2v) is 6.56. The molecule has 0 radical (unpaired) electrons. The lowest BCUT2D eigenvalue weighted by Gasteiger charge is -2.30. The van der Waals surface area contributed by atoms with E-state index in [2.05, 4.69) is 10.3 Å². The van der Waals surface area contributed by atoms with Gasteiger partial charge in [0.2, 0.25) is 0 Å². The Bertz CT molecular complexity index is 753. The Balaban J connectivity index is 1.59. The van der Waals surface area contributed by atoms with Crippen molar-refractivity contribution in [2.24, 2.45) is 0 Å². The molecule has 25 heavy (non-hydrogen) atoms. The summed E-state index contributed by atoms with van der Waals surface area (Å²) in [6, 6.07) is 4.18. The molecular weight excluding hydrogens is 335 g/mol. The molecule has 136 valence electrons. The predicted molar refractivity (Wildman–Crippen MR) is 85.3 cm³/mol. The first kappa shape index (κ1) is 16.8. The number of nitrogens with zero attached hydrogens (tertiary/aromatic N) is 2. The summed E-state index contributed by atoms with van der Waals surface area (Å²) in [5.74, 6) is 0.680. The van der Waals surface area contributed by atoms with Crippen molar-refractivity contribution >= 4 is 11.0 Å². The average molecular weight is 355 g/mol. The number of fused-ring (bicyclic) bond motifs is 3. The standard InChI is InChI=1S/C17H20F3N3O2/c18-17(19,20)11-1-2-15-14(7-11)22-16-10-25-9-13(23(15)16)8-21-12-3-5-24-6-4-12/h1-2,7,12-13,21H,3-6,8-10H2/t13-/m0/s1. The summed E-state index contributed by atoms with van der Waals surface area (Å²) >= 11 is 0. The fraction of sp³-hybridized carbons (Fsp3) is 0.588. The maximum atomic E-state index is 12.9. The van der Waals surface area contributed by atoms with Gasteiger partial charge in [-0.15, -0.1) is 0 Å². The van der Waals surface area contributed by atoms with Gasteiger partial charge in [-0.2, -0.15) is 13.2 Å². The quantitative estimate of drug-likeness (QED) is 0.920. The number of hydrogen-bond acceptors (Lipinski definition) is 4. The minimum absolute atomic E-state index is 0.0216. The van der Waals surface area contributed by atoms with Gasteiger partial charge in [0, 0.05) is 25.8 Å². The van der Waals surface area contributed by atoms with E-state index in [0.717, 1.165) is 43.7 Å². The van der Waals surface area contributed by atoms with Gasteiger partial charge >= 0.3 is 6.18 Å². The van der Waals surface area contributed by atoms with Crippen LogP contribution in [0.2, 0.25) is 0 Å². The number of halogens is 3. The highest BCUT2D eigenvalue weighted by Gasteiger charge is 2.32. The molecule has 5 nitrogen and oxygen atoms in total. The van der Waals surface area contributed by atoms with Crippen LogP contribution >= 0.6 is 0 Å². The van der Waals surface area contributed by atoms with Crippen molar-refractivity contribution in [3.63, 3.8) is 0 Å². The average Bonchev–Trinajstić information content (AvgIpc) is 2.98. The lowest BCUT2D eigenvalue weighted by Crippen LogP contribution is -2.40. The first-order valence-corrected chi connectivity index (χ1v) is 8.49. The lowest BCUT2D eigenvalue weighted by molar-refractivity contribution is -0.137. The van der Waals surface area contributed by atoms with Gasteiger partial charge < -0.3 is 19.4 Å². The third kappa shape index (κ3) is 3.38. The highest BCUT2D eigenvalue weighted by molar-refractivity contribution is 5.77. The van der Waals surface area contributed by atoms with Gasteiger partial charge in [0.15, 0.2) is 0 Å². The van der Waals surface area contributed by atoms with Crippen LogP contribution in [-0.2, 0) is 22.3 Å². The highest BCUT2D eigenvalue weighted by Crippen LogP contribution is 2.33. The fourth-order valence-corrected chi connectivity index (χ4v) is 3.55. The zero-order chi connectivity index (χ0) is 17.4. The largest absolute Gasteiger partial charge is 0.416 e. The molecule has 1 saturated heterocycles. The summed E-state index contributed by atoms with van der Waals surface area (Å²) < 4.78 is 51.8. The van der Waals surface area contributed by atoms with Crippen molar-refractivity contribution in [2.45, 2.75) is 37.7 Å². The second-order valence-electron chi connectivity index (χ2n) is 6.56. The van der Waals surface area contributed by atoms with Crippen molar-refractivity contribution in [3.8, 4) is 0 Å². The van der Waals surface area contributed by atoms with Crippen LogP contribution in [0.5, 0.6) is 0 Å². The van der Waals surface area contributed by atoms with E-state index in [9.17, 15) is 13.2 Å². The van der Waals surface area contributed by atoms with Crippen molar-refractivity contribution < 1.29 is 22.6 Å². The van der Waals surface area contributed by atoms with E-state index in [-0.39, 0.29) is 6.04 Å². The van der Waals surface area contributed by atoms with Crippen LogP contribution in [0, 0.1) is 0 Å². The predicted octanol–water partition coefficient (Wildman–Crippen LogP) is 2.90. The topological polar surface area (TPSA) is 48.3 Å². The molecule has 0 saturated carbocycles. The molecule has 1 atom stereocenters. The molecule has 0 bridgehead atoms. The third-order valence-electron chi connectivity index (χ3n) is 4.86. The van der Waals surface area contributed by atoms with Crippen LogP contribution < -0.4 is 5.32 Å². The Morgan fingerprint density at radius 3 is 2.76 bits per heavy atom. The minimum Gasteiger partial charge on any atom is -0.381 e. The number of ether oxygens (including phenoxy) is 2. The molecule has 0 spiro atoms. The maximum Gasteiger partial charge on any atom is 0.416 e. The highest BCUT2D eigenvalue weighted by atomic mass is 19.4. The summed E-state index contributed by atoms with van der Waals surface area (Å²) in [4.78, 5) is 4.36. The molecule has 0 unspecified atom stereocenters. The van der Waals surface area contributed by atoms with E-state index in [1.165, 1.54) is 6.07 Å². The Morgan fingerprint density at radius 2 is 2.00 bits per heavy atom. The van der Waals surface area contributed by atoms with Crippen LogP contribution in [0.25, 0.3) is 11.0 Å². The molecule has 0 amide bonds. The number of imidazole rings is 1. The van der Waals surface area contributed by atoms with Crippen molar-refractivity contribution in [3.05, 3.63) is 29.6 Å². The summed E-state index contributed by atoms with van der Waals surface area (Å²) in [6.45, 7) is 3.07. The van der Waals surface area contributed by atoms with E-state index < -0.39 is 11.7 Å². The van der Waals surface area contributed by atoms with Crippen molar-refractivity contribution in [1.82, 2.24) is 14.9 Å². The zero-order valence-electron chi connectivity index (χ0n) is 13.7. The SMILES string of the molecule is FC(F)(F)c1ccc2c(c1)nc1n2[C@@H](CNC2CCOCC2)COC1. The van der Waals surface area contributed by atoms with Gasteiger partial charge in [-0.3, -0.25) is 0 Å². The number of benzene rings is 1. The number of nitrogens with one attached hydrogen (secondary N) is 1. The Kier molecular flexibility index (Phi) is 4.43. The molecule has 1 aromatic carbocycles. The van der Waals surface area contributed by atoms with E-state index >= 15 is 0 Å². The molecule has 1 fully saturated rings.